The summed E-state index contributed by atoms with van der Waals surface area (Å²) in [6.07, 6.45) is -1.02. The number of aromatic nitrogens is 3. The number of hydrogen-bond donors (Lipinski definition) is 0. The van der Waals surface area contributed by atoms with E-state index in [0.29, 0.717) is 11.8 Å². The first-order valence-electron chi connectivity index (χ1n) is 6.33. The Hall–Kier alpha value is -2.90. The fraction of sp³-hybridized carbons (Fsp3) is 0.0667. The largest absolute Gasteiger partial charge is 0.451 e. The number of alkyl halides is 3. The summed E-state index contributed by atoms with van der Waals surface area (Å²) in [5.74, 6) is -1.85. The van der Waals surface area contributed by atoms with Gasteiger partial charge in [0.2, 0.25) is 5.82 Å². The molecule has 116 valence electrons. The molecule has 1 aromatic carbocycles. The molecule has 0 atom stereocenters. The predicted molar refractivity (Wildman–Crippen MR) is 73.1 cm³/mol. The molecule has 8 heteroatoms. The second-order valence-electron chi connectivity index (χ2n) is 4.66. The molecular weight excluding hydrogens is 314 g/mol. The molecule has 0 bridgehead atoms. The van der Waals surface area contributed by atoms with Gasteiger partial charge in [-0.15, -0.1) is 0 Å². The van der Waals surface area contributed by atoms with Gasteiger partial charge in [-0.05, 0) is 18.2 Å². The van der Waals surface area contributed by atoms with Crippen LogP contribution in [0.3, 0.4) is 0 Å². The van der Waals surface area contributed by atoms with E-state index in [1.165, 1.54) is 18.3 Å². The van der Waals surface area contributed by atoms with Crippen molar-refractivity contribution >= 4 is 17.2 Å². The number of rotatable bonds is 2. The molecule has 0 saturated carbocycles. The lowest BCUT2D eigenvalue weighted by Crippen LogP contribution is -2.10. The average molecular weight is 321 g/mol. The minimum Gasteiger partial charge on any atom is -0.298 e. The van der Waals surface area contributed by atoms with Crippen LogP contribution in [0, 0.1) is 5.82 Å². The van der Waals surface area contributed by atoms with Crippen LogP contribution in [0.4, 0.5) is 17.6 Å². The van der Waals surface area contributed by atoms with E-state index < -0.39 is 17.8 Å². The first-order chi connectivity index (χ1) is 10.9. The third kappa shape index (κ3) is 2.75. The Morgan fingerprint density at radius 1 is 1.00 bits per heavy atom. The van der Waals surface area contributed by atoms with Gasteiger partial charge in [0, 0.05) is 40.7 Å². The lowest BCUT2D eigenvalue weighted by molar-refractivity contribution is -0.144. The molecule has 2 aromatic heterocycles. The van der Waals surface area contributed by atoms with Crippen molar-refractivity contribution in [3.63, 3.8) is 0 Å². The highest BCUT2D eigenvalue weighted by atomic mass is 19.4. The monoisotopic (exact) mass is 321 g/mol. The molecule has 3 rings (SSSR count). The number of benzene rings is 1. The zero-order chi connectivity index (χ0) is 16.6. The van der Waals surface area contributed by atoms with Gasteiger partial charge in [0.25, 0.3) is 0 Å². The summed E-state index contributed by atoms with van der Waals surface area (Å²) in [7, 11) is 0. The van der Waals surface area contributed by atoms with E-state index >= 15 is 0 Å². The number of halogens is 4. The predicted octanol–water partition coefficient (Wildman–Crippen LogP) is 3.66. The van der Waals surface area contributed by atoms with Gasteiger partial charge in [-0.25, -0.2) is 14.4 Å². The van der Waals surface area contributed by atoms with E-state index in [1.807, 2.05) is 0 Å². The standard InChI is InChI=1S/C15H7F4N3O/c16-10-1-2-12-11(3-10)13(9(7-23)6-20-12)8-4-21-14(22-5-8)15(17,18)19/h1-7H. The van der Waals surface area contributed by atoms with E-state index in [2.05, 4.69) is 15.0 Å². The average Bonchev–Trinajstić information content (AvgIpc) is 2.53. The zero-order valence-corrected chi connectivity index (χ0v) is 11.3. The second kappa shape index (κ2) is 5.38. The number of carbonyl (C=O) groups excluding carboxylic acids is 1. The highest BCUT2D eigenvalue weighted by Crippen LogP contribution is 2.32. The highest BCUT2D eigenvalue weighted by molar-refractivity contribution is 6.02. The lowest BCUT2D eigenvalue weighted by Gasteiger charge is -2.10. The summed E-state index contributed by atoms with van der Waals surface area (Å²) in [5.41, 5.74) is 0.898. The SMILES string of the molecule is O=Cc1cnc2ccc(F)cc2c1-c1cnc(C(F)(F)F)nc1. The Labute approximate surface area is 126 Å². The first-order valence-corrected chi connectivity index (χ1v) is 6.33. The number of carbonyl (C=O) groups is 1. The fourth-order valence-corrected chi connectivity index (χ4v) is 2.20. The molecular formula is C15H7F4N3O. The summed E-state index contributed by atoms with van der Waals surface area (Å²) in [5, 5.41) is 0.290. The Balaban J connectivity index is 2.25. The van der Waals surface area contributed by atoms with Crippen molar-refractivity contribution in [1.82, 2.24) is 15.0 Å². The first kappa shape index (κ1) is 15.0. The maximum Gasteiger partial charge on any atom is 0.451 e. The van der Waals surface area contributed by atoms with Crippen molar-refractivity contribution in [3.8, 4) is 11.1 Å². The van der Waals surface area contributed by atoms with Crippen molar-refractivity contribution < 1.29 is 22.4 Å². The lowest BCUT2D eigenvalue weighted by atomic mass is 9.99. The third-order valence-corrected chi connectivity index (χ3v) is 3.18. The molecule has 0 aliphatic heterocycles. The molecule has 0 aliphatic carbocycles. The summed E-state index contributed by atoms with van der Waals surface area (Å²) in [6, 6.07) is 3.76. The summed E-state index contributed by atoms with van der Waals surface area (Å²) in [4.78, 5) is 21.7. The minimum absolute atomic E-state index is 0.103. The van der Waals surface area contributed by atoms with Gasteiger partial charge in [-0.2, -0.15) is 13.2 Å². The van der Waals surface area contributed by atoms with Gasteiger partial charge in [-0.1, -0.05) is 0 Å². The number of nitrogens with zero attached hydrogens (tertiary/aromatic N) is 3. The Morgan fingerprint density at radius 3 is 2.30 bits per heavy atom. The maximum atomic E-state index is 13.5. The molecule has 3 aromatic rings. The topological polar surface area (TPSA) is 55.7 Å². The molecule has 0 aliphatic rings. The molecule has 0 fully saturated rings. The molecule has 0 N–H and O–H groups in total. The smallest absolute Gasteiger partial charge is 0.298 e. The van der Waals surface area contributed by atoms with Crippen molar-refractivity contribution in [2.45, 2.75) is 6.18 Å². The van der Waals surface area contributed by atoms with Crippen molar-refractivity contribution in [3.05, 3.63) is 54.0 Å². The molecule has 2 heterocycles. The van der Waals surface area contributed by atoms with Gasteiger partial charge in [0.15, 0.2) is 6.29 Å². The molecule has 0 saturated heterocycles. The van der Waals surface area contributed by atoms with Gasteiger partial charge < -0.3 is 0 Å². The third-order valence-electron chi connectivity index (χ3n) is 3.18. The van der Waals surface area contributed by atoms with Gasteiger partial charge in [0.1, 0.15) is 5.82 Å². The van der Waals surface area contributed by atoms with Crippen molar-refractivity contribution in [1.29, 1.82) is 0 Å². The van der Waals surface area contributed by atoms with Crippen LogP contribution in [0.15, 0.2) is 36.8 Å². The summed E-state index contributed by atoms with van der Waals surface area (Å²) in [6.45, 7) is 0. The summed E-state index contributed by atoms with van der Waals surface area (Å²) < 4.78 is 51.1. The van der Waals surface area contributed by atoms with Crippen LogP contribution in [-0.2, 0) is 6.18 Å². The molecule has 0 unspecified atom stereocenters. The van der Waals surface area contributed by atoms with Crippen LogP contribution in [-0.4, -0.2) is 21.2 Å². The fourth-order valence-electron chi connectivity index (χ4n) is 2.20. The van der Waals surface area contributed by atoms with E-state index in [0.717, 1.165) is 18.5 Å². The second-order valence-corrected chi connectivity index (χ2v) is 4.66. The van der Waals surface area contributed by atoms with Crippen LogP contribution in [0.1, 0.15) is 16.2 Å². The van der Waals surface area contributed by atoms with Crippen LogP contribution < -0.4 is 0 Å². The number of pyridine rings is 1. The quantitative estimate of drug-likeness (QED) is 0.534. The van der Waals surface area contributed by atoms with E-state index in [-0.39, 0.29) is 22.1 Å². The van der Waals surface area contributed by atoms with Gasteiger partial charge in [0.05, 0.1) is 5.52 Å². The van der Waals surface area contributed by atoms with Gasteiger partial charge >= 0.3 is 6.18 Å². The van der Waals surface area contributed by atoms with Crippen molar-refractivity contribution in [2.24, 2.45) is 0 Å². The Morgan fingerprint density at radius 2 is 1.70 bits per heavy atom. The van der Waals surface area contributed by atoms with Gasteiger partial charge in [-0.3, -0.25) is 9.78 Å². The molecule has 0 radical (unpaired) electrons. The van der Waals surface area contributed by atoms with E-state index in [4.69, 9.17) is 0 Å². The molecule has 4 nitrogen and oxygen atoms in total. The minimum atomic E-state index is -4.67. The number of fused-ring (bicyclic) bond motifs is 1. The van der Waals surface area contributed by atoms with E-state index in [1.54, 1.807) is 0 Å². The van der Waals surface area contributed by atoms with Crippen LogP contribution in [0.5, 0.6) is 0 Å². The number of aldehydes is 1. The molecule has 23 heavy (non-hydrogen) atoms. The number of hydrogen-bond acceptors (Lipinski definition) is 4. The molecule has 0 amide bonds. The van der Waals surface area contributed by atoms with Crippen LogP contribution in [0.2, 0.25) is 0 Å². The Kier molecular flexibility index (Phi) is 3.51. The maximum absolute atomic E-state index is 13.5. The summed E-state index contributed by atoms with van der Waals surface area (Å²) >= 11 is 0. The highest BCUT2D eigenvalue weighted by Gasteiger charge is 2.34. The molecule has 0 spiro atoms. The van der Waals surface area contributed by atoms with Crippen molar-refractivity contribution in [2.75, 3.05) is 0 Å². The van der Waals surface area contributed by atoms with Crippen LogP contribution in [0.25, 0.3) is 22.0 Å². The Bertz CT molecular complexity index is 892. The van der Waals surface area contributed by atoms with Crippen LogP contribution >= 0.6 is 0 Å². The normalized spacial score (nSPS) is 11.7. The zero-order valence-electron chi connectivity index (χ0n) is 11.3. The van der Waals surface area contributed by atoms with E-state index in [9.17, 15) is 22.4 Å².